The Balaban J connectivity index is 2.17. The van der Waals surface area contributed by atoms with Gasteiger partial charge in [0.15, 0.2) is 0 Å². The van der Waals surface area contributed by atoms with E-state index in [9.17, 15) is 27.7 Å². The summed E-state index contributed by atoms with van der Waals surface area (Å²) in [7, 11) is 0. The fourth-order valence-corrected chi connectivity index (χ4v) is 2.13. The summed E-state index contributed by atoms with van der Waals surface area (Å²) in [5, 5.41) is 13.3. The number of rotatable bonds is 4. The van der Waals surface area contributed by atoms with Crippen molar-refractivity contribution in [3.63, 3.8) is 0 Å². The topological polar surface area (TPSA) is 55.2 Å². The van der Waals surface area contributed by atoms with Crippen LogP contribution in [0.2, 0.25) is 5.02 Å². The molecule has 0 unspecified atom stereocenters. The number of nitrogens with one attached hydrogen (secondary N) is 1. The highest BCUT2D eigenvalue weighted by atomic mass is 35.5. The SMILES string of the molecule is O=[N+]([O-])c1ccc(NCc2cc(F)cc(C(F)(F)F)c2)cc1Cl. The van der Waals surface area contributed by atoms with E-state index in [4.69, 9.17) is 11.6 Å². The van der Waals surface area contributed by atoms with Gasteiger partial charge in [-0.05, 0) is 35.9 Å². The summed E-state index contributed by atoms with van der Waals surface area (Å²) in [5.41, 5.74) is -0.941. The number of alkyl halides is 3. The zero-order valence-corrected chi connectivity index (χ0v) is 12.1. The van der Waals surface area contributed by atoms with Crippen LogP contribution in [0, 0.1) is 15.9 Å². The maximum atomic E-state index is 13.3. The van der Waals surface area contributed by atoms with Crippen molar-refractivity contribution in [1.29, 1.82) is 0 Å². The Morgan fingerprint density at radius 1 is 1.17 bits per heavy atom. The number of benzene rings is 2. The molecule has 0 fully saturated rings. The molecule has 0 bridgehead atoms. The molecule has 0 aliphatic rings. The first kappa shape index (κ1) is 17.0. The van der Waals surface area contributed by atoms with Gasteiger partial charge in [0.1, 0.15) is 10.8 Å². The predicted molar refractivity (Wildman–Crippen MR) is 76.8 cm³/mol. The minimum Gasteiger partial charge on any atom is -0.381 e. The van der Waals surface area contributed by atoms with Crippen LogP contribution in [0.5, 0.6) is 0 Å². The minimum atomic E-state index is -4.65. The summed E-state index contributed by atoms with van der Waals surface area (Å²) < 4.78 is 51.1. The molecule has 1 N–H and O–H groups in total. The summed E-state index contributed by atoms with van der Waals surface area (Å²) >= 11 is 5.73. The number of hydrogen-bond acceptors (Lipinski definition) is 3. The van der Waals surface area contributed by atoms with Gasteiger partial charge >= 0.3 is 6.18 Å². The Morgan fingerprint density at radius 3 is 2.43 bits per heavy atom. The zero-order chi connectivity index (χ0) is 17.2. The van der Waals surface area contributed by atoms with Crippen molar-refractivity contribution < 1.29 is 22.5 Å². The Kier molecular flexibility index (Phi) is 4.74. The first-order valence-electron chi connectivity index (χ1n) is 6.21. The fourth-order valence-electron chi connectivity index (χ4n) is 1.89. The van der Waals surface area contributed by atoms with E-state index < -0.39 is 22.5 Å². The maximum Gasteiger partial charge on any atom is 0.416 e. The molecule has 0 spiro atoms. The molecule has 2 aromatic rings. The Labute approximate surface area is 132 Å². The lowest BCUT2D eigenvalue weighted by Crippen LogP contribution is -2.08. The Hall–Kier alpha value is -2.35. The molecule has 0 amide bonds. The highest BCUT2D eigenvalue weighted by molar-refractivity contribution is 6.32. The predicted octanol–water partition coefficient (Wildman–Crippen LogP) is 5.02. The van der Waals surface area contributed by atoms with Crippen LogP contribution in [-0.2, 0) is 12.7 Å². The van der Waals surface area contributed by atoms with E-state index in [0.717, 1.165) is 18.2 Å². The normalized spacial score (nSPS) is 11.3. The van der Waals surface area contributed by atoms with Crippen LogP contribution in [0.3, 0.4) is 0 Å². The number of nitrogens with zero attached hydrogens (tertiary/aromatic N) is 1. The molecule has 0 aliphatic heterocycles. The first-order valence-corrected chi connectivity index (χ1v) is 6.59. The number of anilines is 1. The molecule has 0 radical (unpaired) electrons. The van der Waals surface area contributed by atoms with E-state index in [2.05, 4.69) is 5.32 Å². The molecule has 0 heterocycles. The smallest absolute Gasteiger partial charge is 0.381 e. The largest absolute Gasteiger partial charge is 0.416 e. The van der Waals surface area contributed by atoms with Crippen LogP contribution in [-0.4, -0.2) is 4.92 Å². The van der Waals surface area contributed by atoms with Crippen molar-refractivity contribution in [3.05, 3.63) is 68.5 Å². The van der Waals surface area contributed by atoms with Gasteiger partial charge in [0.2, 0.25) is 0 Å². The lowest BCUT2D eigenvalue weighted by atomic mass is 10.1. The quantitative estimate of drug-likeness (QED) is 0.479. The van der Waals surface area contributed by atoms with Gasteiger partial charge in [0.05, 0.1) is 10.5 Å². The summed E-state index contributed by atoms with van der Waals surface area (Å²) in [6.07, 6.45) is -4.65. The molecule has 0 atom stereocenters. The third kappa shape index (κ3) is 4.32. The van der Waals surface area contributed by atoms with Crippen LogP contribution in [0.15, 0.2) is 36.4 Å². The van der Waals surface area contributed by atoms with Crippen LogP contribution >= 0.6 is 11.6 Å². The van der Waals surface area contributed by atoms with Crippen molar-refractivity contribution in [2.75, 3.05) is 5.32 Å². The standard InChI is InChI=1S/C14H9ClF4N2O2/c15-12-6-11(1-2-13(12)21(22)23)20-7-8-3-9(14(17,18)19)5-10(16)4-8/h1-6,20H,7H2. The van der Waals surface area contributed by atoms with Crippen LogP contribution in [0.4, 0.5) is 28.9 Å². The minimum absolute atomic E-state index is 0.0757. The third-order valence-electron chi connectivity index (χ3n) is 2.93. The van der Waals surface area contributed by atoms with Gasteiger partial charge in [-0.3, -0.25) is 10.1 Å². The summed E-state index contributed by atoms with van der Waals surface area (Å²) in [5.74, 6) is -1.00. The van der Waals surface area contributed by atoms with Crippen LogP contribution < -0.4 is 5.32 Å². The summed E-state index contributed by atoms with van der Waals surface area (Å²) in [6, 6.07) is 5.99. The van der Waals surface area contributed by atoms with Crippen molar-refractivity contribution in [1.82, 2.24) is 0 Å². The third-order valence-corrected chi connectivity index (χ3v) is 3.23. The molecule has 23 heavy (non-hydrogen) atoms. The van der Waals surface area contributed by atoms with Gasteiger partial charge in [-0.2, -0.15) is 13.2 Å². The molecular weight excluding hydrogens is 340 g/mol. The van der Waals surface area contributed by atoms with Gasteiger partial charge in [-0.25, -0.2) is 4.39 Å². The second kappa shape index (κ2) is 6.41. The van der Waals surface area contributed by atoms with E-state index in [1.165, 1.54) is 12.1 Å². The summed E-state index contributed by atoms with van der Waals surface area (Å²) in [6.45, 7) is -0.102. The maximum absolute atomic E-state index is 13.3. The van der Waals surface area contributed by atoms with Gasteiger partial charge in [-0.15, -0.1) is 0 Å². The second-order valence-electron chi connectivity index (χ2n) is 4.62. The molecule has 2 rings (SSSR count). The number of hydrogen-bond donors (Lipinski definition) is 1. The Bertz CT molecular complexity index is 750. The Morgan fingerprint density at radius 2 is 1.87 bits per heavy atom. The average molecular weight is 349 g/mol. The van der Waals surface area contributed by atoms with Crippen molar-refractivity contribution in [3.8, 4) is 0 Å². The van der Waals surface area contributed by atoms with Gasteiger partial charge in [-0.1, -0.05) is 11.6 Å². The average Bonchev–Trinajstić information content (AvgIpc) is 2.43. The van der Waals surface area contributed by atoms with Gasteiger partial charge in [0, 0.05) is 18.3 Å². The highest BCUT2D eigenvalue weighted by Gasteiger charge is 2.31. The monoisotopic (exact) mass is 348 g/mol. The first-order chi connectivity index (χ1) is 10.7. The molecule has 0 aromatic heterocycles. The van der Waals surface area contributed by atoms with Crippen molar-refractivity contribution in [2.24, 2.45) is 0 Å². The van der Waals surface area contributed by atoms with Gasteiger partial charge < -0.3 is 5.32 Å². The molecule has 0 saturated carbocycles. The van der Waals surface area contributed by atoms with E-state index in [-0.39, 0.29) is 22.8 Å². The summed E-state index contributed by atoms with van der Waals surface area (Å²) in [4.78, 5) is 9.98. The zero-order valence-electron chi connectivity index (χ0n) is 11.3. The van der Waals surface area contributed by atoms with E-state index >= 15 is 0 Å². The molecule has 0 saturated heterocycles. The molecule has 4 nitrogen and oxygen atoms in total. The number of nitro benzene ring substituents is 1. The van der Waals surface area contributed by atoms with Crippen molar-refractivity contribution >= 4 is 23.0 Å². The van der Waals surface area contributed by atoms with E-state index in [1.807, 2.05) is 0 Å². The molecular formula is C14H9ClF4N2O2. The van der Waals surface area contributed by atoms with E-state index in [1.54, 1.807) is 0 Å². The lowest BCUT2D eigenvalue weighted by molar-refractivity contribution is -0.384. The number of halogens is 5. The number of nitro groups is 1. The molecule has 2 aromatic carbocycles. The lowest BCUT2D eigenvalue weighted by Gasteiger charge is -2.11. The van der Waals surface area contributed by atoms with Crippen LogP contribution in [0.1, 0.15) is 11.1 Å². The van der Waals surface area contributed by atoms with E-state index in [0.29, 0.717) is 11.8 Å². The van der Waals surface area contributed by atoms with Crippen LogP contribution in [0.25, 0.3) is 0 Å². The van der Waals surface area contributed by atoms with Gasteiger partial charge in [0.25, 0.3) is 5.69 Å². The van der Waals surface area contributed by atoms with Crippen molar-refractivity contribution in [2.45, 2.75) is 12.7 Å². The molecule has 0 aliphatic carbocycles. The molecule has 122 valence electrons. The molecule has 9 heteroatoms. The highest BCUT2D eigenvalue weighted by Crippen LogP contribution is 2.31. The fraction of sp³-hybridized carbons (Fsp3) is 0.143. The second-order valence-corrected chi connectivity index (χ2v) is 5.03.